The molecule has 106 valence electrons. The summed E-state index contributed by atoms with van der Waals surface area (Å²) in [4.78, 5) is 18.7. The normalized spacial score (nSPS) is 10.8. The molecule has 0 atom stereocenters. The number of carbonyl (C=O) groups excluding carboxylic acids is 1. The second kappa shape index (κ2) is 6.01. The van der Waals surface area contributed by atoms with Gasteiger partial charge in [0, 0.05) is 31.8 Å². The summed E-state index contributed by atoms with van der Waals surface area (Å²) in [6.07, 6.45) is 0. The van der Waals surface area contributed by atoms with Crippen molar-refractivity contribution in [2.45, 2.75) is 13.8 Å². The number of fused-ring (bicyclic) bond motifs is 1. The van der Waals surface area contributed by atoms with Crippen molar-refractivity contribution in [1.82, 2.24) is 9.88 Å². The third-order valence-corrected chi connectivity index (χ3v) is 3.30. The molecule has 0 saturated carbocycles. The number of aryl methyl sites for hydroxylation is 2. The number of ether oxygens (including phenoxy) is 1. The highest BCUT2D eigenvalue weighted by molar-refractivity contribution is 6.06. The molecule has 0 spiro atoms. The Hall–Kier alpha value is -1.94. The van der Waals surface area contributed by atoms with Gasteiger partial charge in [-0.3, -0.25) is 9.78 Å². The monoisotopic (exact) mass is 272 g/mol. The first-order valence-electron chi connectivity index (χ1n) is 6.65. The van der Waals surface area contributed by atoms with Crippen LogP contribution in [0.15, 0.2) is 24.3 Å². The Kier molecular flexibility index (Phi) is 4.35. The van der Waals surface area contributed by atoms with Gasteiger partial charge in [0.25, 0.3) is 5.91 Å². The van der Waals surface area contributed by atoms with E-state index in [0.717, 1.165) is 22.2 Å². The molecule has 0 radical (unpaired) electrons. The van der Waals surface area contributed by atoms with Crippen LogP contribution < -0.4 is 0 Å². The predicted molar refractivity (Wildman–Crippen MR) is 80.1 cm³/mol. The standard InChI is InChI=1S/C16H20N2O2/c1-11-5-6-13-14(10-12(2)17-15(13)9-11)16(19)18(3)7-8-20-4/h5-6,9-10H,7-8H2,1-4H3. The first-order valence-corrected chi connectivity index (χ1v) is 6.65. The van der Waals surface area contributed by atoms with E-state index in [1.165, 1.54) is 0 Å². The lowest BCUT2D eigenvalue weighted by atomic mass is 10.0. The number of carbonyl (C=O) groups is 1. The molecule has 0 aliphatic carbocycles. The summed E-state index contributed by atoms with van der Waals surface area (Å²) in [6.45, 7) is 5.04. The van der Waals surface area contributed by atoms with Crippen LogP contribution in [0.1, 0.15) is 21.6 Å². The zero-order valence-electron chi connectivity index (χ0n) is 12.4. The van der Waals surface area contributed by atoms with Gasteiger partial charge in [-0.25, -0.2) is 0 Å². The summed E-state index contributed by atoms with van der Waals surface area (Å²) in [5, 5.41) is 0.899. The van der Waals surface area contributed by atoms with Gasteiger partial charge in [-0.2, -0.15) is 0 Å². The molecule has 0 bridgehead atoms. The van der Waals surface area contributed by atoms with E-state index in [0.29, 0.717) is 18.7 Å². The van der Waals surface area contributed by atoms with Crippen molar-refractivity contribution >= 4 is 16.8 Å². The molecule has 4 heteroatoms. The van der Waals surface area contributed by atoms with Gasteiger partial charge in [-0.15, -0.1) is 0 Å². The third-order valence-electron chi connectivity index (χ3n) is 3.30. The minimum atomic E-state index is 0.00130. The molecule has 2 aromatic rings. The quantitative estimate of drug-likeness (QED) is 0.859. The van der Waals surface area contributed by atoms with Gasteiger partial charge in [-0.1, -0.05) is 12.1 Å². The van der Waals surface area contributed by atoms with Crippen molar-refractivity contribution in [3.63, 3.8) is 0 Å². The van der Waals surface area contributed by atoms with Crippen molar-refractivity contribution in [3.8, 4) is 0 Å². The molecule has 2 rings (SSSR count). The number of nitrogens with zero attached hydrogens (tertiary/aromatic N) is 2. The molecular weight excluding hydrogens is 252 g/mol. The van der Waals surface area contributed by atoms with Crippen LogP contribution >= 0.6 is 0 Å². The van der Waals surface area contributed by atoms with Crippen LogP contribution in [0.2, 0.25) is 0 Å². The maximum absolute atomic E-state index is 12.5. The molecule has 1 heterocycles. The Morgan fingerprint density at radius 3 is 2.75 bits per heavy atom. The Morgan fingerprint density at radius 2 is 2.05 bits per heavy atom. The van der Waals surface area contributed by atoms with Gasteiger partial charge in [0.1, 0.15) is 0 Å². The molecule has 0 unspecified atom stereocenters. The Labute approximate surface area is 119 Å². The molecule has 1 aromatic heterocycles. The van der Waals surface area contributed by atoms with Crippen LogP contribution in [-0.2, 0) is 4.74 Å². The first kappa shape index (κ1) is 14.5. The third kappa shape index (κ3) is 2.96. The van der Waals surface area contributed by atoms with E-state index in [4.69, 9.17) is 4.74 Å². The molecule has 4 nitrogen and oxygen atoms in total. The topological polar surface area (TPSA) is 42.4 Å². The number of hydrogen-bond acceptors (Lipinski definition) is 3. The van der Waals surface area contributed by atoms with E-state index >= 15 is 0 Å². The minimum Gasteiger partial charge on any atom is -0.383 e. The van der Waals surface area contributed by atoms with Crippen LogP contribution in [0.25, 0.3) is 10.9 Å². The number of amides is 1. The predicted octanol–water partition coefficient (Wildman–Crippen LogP) is 2.57. The van der Waals surface area contributed by atoms with E-state index in [9.17, 15) is 4.79 Å². The number of hydrogen-bond donors (Lipinski definition) is 0. The van der Waals surface area contributed by atoms with Crippen LogP contribution in [0.4, 0.5) is 0 Å². The van der Waals surface area contributed by atoms with E-state index in [1.54, 1.807) is 19.1 Å². The van der Waals surface area contributed by atoms with Crippen molar-refractivity contribution in [2.24, 2.45) is 0 Å². The molecule has 0 fully saturated rings. The highest BCUT2D eigenvalue weighted by Crippen LogP contribution is 2.21. The number of aromatic nitrogens is 1. The fourth-order valence-corrected chi connectivity index (χ4v) is 2.18. The lowest BCUT2D eigenvalue weighted by Crippen LogP contribution is -2.30. The Bertz CT molecular complexity index is 632. The molecular formula is C16H20N2O2. The second-order valence-electron chi connectivity index (χ2n) is 5.05. The number of benzene rings is 1. The van der Waals surface area contributed by atoms with Crippen LogP contribution in [-0.4, -0.2) is 43.1 Å². The highest BCUT2D eigenvalue weighted by Gasteiger charge is 2.15. The van der Waals surface area contributed by atoms with Crippen molar-refractivity contribution in [3.05, 3.63) is 41.1 Å². The first-order chi connectivity index (χ1) is 9.52. The van der Waals surface area contributed by atoms with Crippen LogP contribution in [0.3, 0.4) is 0 Å². The summed E-state index contributed by atoms with van der Waals surface area (Å²) >= 11 is 0. The van der Waals surface area contributed by atoms with Gasteiger partial charge in [0.05, 0.1) is 17.7 Å². The molecule has 1 aromatic carbocycles. The number of pyridine rings is 1. The average molecular weight is 272 g/mol. The summed E-state index contributed by atoms with van der Waals surface area (Å²) in [6, 6.07) is 7.83. The molecule has 0 aliphatic rings. The molecule has 0 aliphatic heterocycles. The smallest absolute Gasteiger partial charge is 0.254 e. The molecule has 0 saturated heterocycles. The molecule has 0 N–H and O–H groups in total. The summed E-state index contributed by atoms with van der Waals surface area (Å²) < 4.78 is 5.02. The van der Waals surface area contributed by atoms with Crippen molar-refractivity contribution in [2.75, 3.05) is 27.3 Å². The lowest BCUT2D eigenvalue weighted by molar-refractivity contribution is 0.0746. The zero-order valence-corrected chi connectivity index (χ0v) is 12.4. The summed E-state index contributed by atoms with van der Waals surface area (Å²) in [5.41, 5.74) is 3.56. The van der Waals surface area contributed by atoms with Crippen LogP contribution in [0, 0.1) is 13.8 Å². The number of methoxy groups -OCH3 is 1. The van der Waals surface area contributed by atoms with Gasteiger partial charge >= 0.3 is 0 Å². The van der Waals surface area contributed by atoms with Crippen molar-refractivity contribution < 1.29 is 9.53 Å². The summed E-state index contributed by atoms with van der Waals surface area (Å²) in [7, 11) is 3.42. The Balaban J connectivity index is 2.45. The van der Waals surface area contributed by atoms with Crippen molar-refractivity contribution in [1.29, 1.82) is 0 Å². The molecule has 1 amide bonds. The molecule has 20 heavy (non-hydrogen) atoms. The van der Waals surface area contributed by atoms with E-state index < -0.39 is 0 Å². The Morgan fingerprint density at radius 1 is 1.30 bits per heavy atom. The number of likely N-dealkylation sites (N-methyl/N-ethyl adjacent to an activating group) is 1. The van der Waals surface area contributed by atoms with E-state index in [1.807, 2.05) is 38.1 Å². The van der Waals surface area contributed by atoms with Gasteiger partial charge < -0.3 is 9.64 Å². The fourth-order valence-electron chi connectivity index (χ4n) is 2.18. The second-order valence-corrected chi connectivity index (χ2v) is 5.05. The van der Waals surface area contributed by atoms with Crippen LogP contribution in [0.5, 0.6) is 0 Å². The highest BCUT2D eigenvalue weighted by atomic mass is 16.5. The maximum atomic E-state index is 12.5. The van der Waals surface area contributed by atoms with Gasteiger partial charge in [0.15, 0.2) is 0 Å². The fraction of sp³-hybridized carbons (Fsp3) is 0.375. The number of rotatable bonds is 4. The van der Waals surface area contributed by atoms with Gasteiger partial charge in [-0.05, 0) is 31.5 Å². The minimum absolute atomic E-state index is 0.00130. The van der Waals surface area contributed by atoms with E-state index in [2.05, 4.69) is 4.98 Å². The lowest BCUT2D eigenvalue weighted by Gasteiger charge is -2.18. The van der Waals surface area contributed by atoms with E-state index in [-0.39, 0.29) is 5.91 Å². The van der Waals surface area contributed by atoms with Gasteiger partial charge in [0.2, 0.25) is 0 Å². The largest absolute Gasteiger partial charge is 0.383 e. The summed E-state index contributed by atoms with van der Waals surface area (Å²) in [5.74, 6) is 0.00130. The average Bonchev–Trinajstić information content (AvgIpc) is 2.42. The zero-order chi connectivity index (χ0) is 14.7. The maximum Gasteiger partial charge on any atom is 0.254 e. The SMILES string of the molecule is COCCN(C)C(=O)c1cc(C)nc2cc(C)ccc12.